The van der Waals surface area contributed by atoms with Crippen LogP contribution in [0, 0.1) is 5.92 Å². The fraction of sp³-hybridized carbons (Fsp3) is 1.00. The Balaban J connectivity index is 2.65. The molecule has 0 amide bonds. The summed E-state index contributed by atoms with van der Waals surface area (Å²) >= 11 is 0. The van der Waals surface area contributed by atoms with Gasteiger partial charge in [-0.15, -0.1) is 0 Å². The van der Waals surface area contributed by atoms with Gasteiger partial charge in [-0.1, -0.05) is 6.92 Å². The second-order valence-corrected chi connectivity index (χ2v) is 6.98. The highest BCUT2D eigenvalue weighted by Gasteiger charge is 2.27. The first kappa shape index (κ1) is 14.9. The molecule has 0 spiro atoms. The average molecular weight is 263 g/mol. The molecule has 0 bridgehead atoms. The van der Waals surface area contributed by atoms with Crippen LogP contribution in [0.2, 0.25) is 0 Å². The quantitative estimate of drug-likeness (QED) is 0.759. The van der Waals surface area contributed by atoms with Gasteiger partial charge in [0, 0.05) is 27.2 Å². The van der Waals surface area contributed by atoms with Gasteiger partial charge in [-0.3, -0.25) is 0 Å². The highest BCUT2D eigenvalue weighted by atomic mass is 32.2. The van der Waals surface area contributed by atoms with Gasteiger partial charge in [0.1, 0.15) is 0 Å². The van der Waals surface area contributed by atoms with E-state index in [1.807, 2.05) is 6.92 Å². The lowest BCUT2D eigenvalue weighted by Crippen LogP contribution is -2.44. The van der Waals surface area contributed by atoms with E-state index in [4.69, 9.17) is 0 Å². The molecule has 1 aliphatic rings. The van der Waals surface area contributed by atoms with Crippen LogP contribution in [0.25, 0.3) is 0 Å². The van der Waals surface area contributed by atoms with E-state index in [-0.39, 0.29) is 0 Å². The molecule has 0 aromatic rings. The Morgan fingerprint density at radius 2 is 1.82 bits per heavy atom. The summed E-state index contributed by atoms with van der Waals surface area (Å²) in [6, 6.07) is 0. The van der Waals surface area contributed by atoms with Crippen molar-refractivity contribution in [1.29, 1.82) is 0 Å². The molecule has 0 saturated carbocycles. The molecule has 0 atom stereocenters. The Labute approximate surface area is 105 Å². The van der Waals surface area contributed by atoms with E-state index in [1.165, 1.54) is 4.31 Å². The molecule has 1 aliphatic heterocycles. The Bertz CT molecular complexity index is 311. The Morgan fingerprint density at radius 3 is 2.29 bits per heavy atom. The number of hydrogen-bond acceptors (Lipinski definition) is 3. The van der Waals surface area contributed by atoms with Crippen LogP contribution >= 0.6 is 0 Å². The van der Waals surface area contributed by atoms with Crippen molar-refractivity contribution in [3.63, 3.8) is 0 Å². The van der Waals surface area contributed by atoms with Crippen molar-refractivity contribution < 1.29 is 8.42 Å². The van der Waals surface area contributed by atoms with Gasteiger partial charge in [0.2, 0.25) is 0 Å². The molecule has 0 aromatic carbocycles. The topological polar surface area (TPSA) is 52.7 Å². The van der Waals surface area contributed by atoms with E-state index < -0.39 is 10.2 Å². The second-order valence-electron chi connectivity index (χ2n) is 4.84. The standard InChI is InChI=1S/C11H25N3O2S/c1-4-9-14(17(15,16)13(2)3)10-11-5-7-12-8-6-11/h11-12H,4-10H2,1-3H3. The maximum absolute atomic E-state index is 12.1. The number of nitrogens with one attached hydrogen (secondary N) is 1. The Hall–Kier alpha value is -0.170. The minimum Gasteiger partial charge on any atom is -0.317 e. The first-order chi connectivity index (χ1) is 7.98. The average Bonchev–Trinajstić information content (AvgIpc) is 2.29. The molecule has 17 heavy (non-hydrogen) atoms. The van der Waals surface area contributed by atoms with Crippen molar-refractivity contribution in [3.05, 3.63) is 0 Å². The Kier molecular flexibility index (Phi) is 5.85. The van der Waals surface area contributed by atoms with Gasteiger partial charge >= 0.3 is 0 Å². The molecule has 102 valence electrons. The number of piperidine rings is 1. The predicted molar refractivity (Wildman–Crippen MR) is 70.1 cm³/mol. The summed E-state index contributed by atoms with van der Waals surface area (Å²) in [4.78, 5) is 0. The van der Waals surface area contributed by atoms with E-state index in [2.05, 4.69) is 5.32 Å². The van der Waals surface area contributed by atoms with Crippen LogP contribution in [0.1, 0.15) is 26.2 Å². The SMILES string of the molecule is CCCN(CC1CCNCC1)S(=O)(=O)N(C)C. The molecule has 6 heteroatoms. The summed E-state index contributed by atoms with van der Waals surface area (Å²) in [5, 5.41) is 3.30. The van der Waals surface area contributed by atoms with Crippen LogP contribution < -0.4 is 5.32 Å². The summed E-state index contributed by atoms with van der Waals surface area (Å²) in [7, 11) is -0.0590. The van der Waals surface area contributed by atoms with Crippen molar-refractivity contribution in [2.24, 2.45) is 5.92 Å². The van der Waals surface area contributed by atoms with Crippen LogP contribution in [-0.4, -0.2) is 57.3 Å². The zero-order valence-corrected chi connectivity index (χ0v) is 12.0. The van der Waals surface area contributed by atoms with Crippen LogP contribution in [0.4, 0.5) is 0 Å². The lowest BCUT2D eigenvalue weighted by Gasteiger charge is -2.30. The van der Waals surface area contributed by atoms with Gasteiger partial charge in [-0.25, -0.2) is 0 Å². The molecule has 0 unspecified atom stereocenters. The largest absolute Gasteiger partial charge is 0.317 e. The molecule has 1 rings (SSSR count). The van der Waals surface area contributed by atoms with Crippen LogP contribution in [-0.2, 0) is 10.2 Å². The minimum atomic E-state index is -3.25. The number of rotatable bonds is 6. The third kappa shape index (κ3) is 4.21. The van der Waals surface area contributed by atoms with E-state index in [0.29, 0.717) is 19.0 Å². The maximum Gasteiger partial charge on any atom is 0.281 e. The highest BCUT2D eigenvalue weighted by molar-refractivity contribution is 7.86. The van der Waals surface area contributed by atoms with Crippen LogP contribution in [0.5, 0.6) is 0 Å². The summed E-state index contributed by atoms with van der Waals surface area (Å²) in [5.41, 5.74) is 0. The van der Waals surface area contributed by atoms with Gasteiger partial charge in [-0.05, 0) is 38.3 Å². The van der Waals surface area contributed by atoms with Gasteiger partial charge in [0.05, 0.1) is 0 Å². The molecular weight excluding hydrogens is 238 g/mol. The normalized spacial score (nSPS) is 19.1. The molecule has 5 nitrogen and oxygen atoms in total. The fourth-order valence-electron chi connectivity index (χ4n) is 2.13. The predicted octanol–water partition coefficient (Wildman–Crippen LogP) is 0.504. The maximum atomic E-state index is 12.1. The van der Waals surface area contributed by atoms with E-state index in [9.17, 15) is 8.42 Å². The van der Waals surface area contributed by atoms with E-state index >= 15 is 0 Å². The minimum absolute atomic E-state index is 0.498. The molecule has 1 fully saturated rings. The van der Waals surface area contributed by atoms with Gasteiger partial charge in [-0.2, -0.15) is 17.0 Å². The van der Waals surface area contributed by atoms with Crippen molar-refractivity contribution in [2.45, 2.75) is 26.2 Å². The summed E-state index contributed by atoms with van der Waals surface area (Å²) in [6.07, 6.45) is 3.00. The van der Waals surface area contributed by atoms with E-state index in [1.54, 1.807) is 18.4 Å². The molecule has 0 aromatic heterocycles. The number of nitrogens with zero attached hydrogens (tertiary/aromatic N) is 2. The third-order valence-electron chi connectivity index (χ3n) is 3.18. The molecule has 0 aliphatic carbocycles. The van der Waals surface area contributed by atoms with Crippen molar-refractivity contribution in [2.75, 3.05) is 40.3 Å². The lowest BCUT2D eigenvalue weighted by atomic mass is 9.98. The van der Waals surface area contributed by atoms with Crippen molar-refractivity contribution in [3.8, 4) is 0 Å². The van der Waals surface area contributed by atoms with Crippen molar-refractivity contribution >= 4 is 10.2 Å². The zero-order chi connectivity index (χ0) is 12.9. The third-order valence-corrected chi connectivity index (χ3v) is 5.09. The van der Waals surface area contributed by atoms with Crippen LogP contribution in [0.3, 0.4) is 0 Å². The highest BCUT2D eigenvalue weighted by Crippen LogP contribution is 2.16. The first-order valence-electron chi connectivity index (χ1n) is 6.36. The smallest absolute Gasteiger partial charge is 0.281 e. The molecule has 0 radical (unpaired) electrons. The summed E-state index contributed by atoms with van der Waals surface area (Å²) < 4.78 is 27.2. The Morgan fingerprint density at radius 1 is 1.24 bits per heavy atom. The molecule has 1 saturated heterocycles. The first-order valence-corrected chi connectivity index (χ1v) is 7.76. The van der Waals surface area contributed by atoms with Gasteiger partial charge < -0.3 is 5.32 Å². The monoisotopic (exact) mass is 263 g/mol. The number of hydrogen-bond donors (Lipinski definition) is 1. The lowest BCUT2D eigenvalue weighted by molar-refractivity contribution is 0.278. The molecule has 1 heterocycles. The summed E-state index contributed by atoms with van der Waals surface area (Å²) in [5.74, 6) is 0.498. The summed E-state index contributed by atoms with van der Waals surface area (Å²) in [6.45, 7) is 5.31. The molecule has 1 N–H and O–H groups in total. The second kappa shape index (κ2) is 6.68. The fourth-order valence-corrected chi connectivity index (χ4v) is 3.41. The van der Waals surface area contributed by atoms with Gasteiger partial charge in [0.15, 0.2) is 0 Å². The van der Waals surface area contributed by atoms with Crippen molar-refractivity contribution in [1.82, 2.24) is 13.9 Å². The van der Waals surface area contributed by atoms with E-state index in [0.717, 1.165) is 32.4 Å². The van der Waals surface area contributed by atoms with Gasteiger partial charge in [0.25, 0.3) is 10.2 Å². The van der Waals surface area contributed by atoms with Crippen LogP contribution in [0.15, 0.2) is 0 Å². The molecular formula is C11H25N3O2S. The zero-order valence-electron chi connectivity index (χ0n) is 11.1.